The molecule has 7 heteroatoms. The van der Waals surface area contributed by atoms with E-state index < -0.39 is 0 Å². The van der Waals surface area contributed by atoms with Gasteiger partial charge >= 0.3 is 6.01 Å². The molecular weight excluding hydrogens is 266 g/mol. The van der Waals surface area contributed by atoms with Crippen molar-refractivity contribution in [1.29, 1.82) is 0 Å². The Balaban J connectivity index is 2.18. The van der Waals surface area contributed by atoms with Crippen molar-refractivity contribution >= 4 is 17.2 Å². The van der Waals surface area contributed by atoms with Crippen LogP contribution < -0.4 is 4.74 Å². The molecule has 0 bridgehead atoms. The first kappa shape index (κ1) is 11.9. The molecule has 0 unspecified atom stereocenters. The summed E-state index contributed by atoms with van der Waals surface area (Å²) in [5.74, 6) is 0.451. The van der Waals surface area contributed by atoms with Gasteiger partial charge < -0.3 is 4.74 Å². The van der Waals surface area contributed by atoms with Gasteiger partial charge in [-0.3, -0.25) is 4.40 Å². The molecule has 3 aromatic rings. The lowest BCUT2D eigenvalue weighted by Crippen LogP contribution is -2.03. The molecule has 3 heterocycles. The largest absolute Gasteiger partial charge is 0.464 e. The summed E-state index contributed by atoms with van der Waals surface area (Å²) in [4.78, 5) is 16.5. The number of fused-ring (bicyclic) bond motifs is 1. The van der Waals surface area contributed by atoms with Crippen molar-refractivity contribution in [2.75, 3.05) is 6.61 Å². The molecule has 0 saturated carbocycles. The molecule has 0 fully saturated rings. The Morgan fingerprint density at radius 2 is 2.16 bits per heavy atom. The minimum atomic E-state index is 0.102. The number of nitrogens with zero attached hydrogens (tertiary/aromatic N) is 5. The summed E-state index contributed by atoms with van der Waals surface area (Å²) in [6.07, 6.45) is 3.55. The second kappa shape index (κ2) is 4.81. The van der Waals surface area contributed by atoms with Crippen LogP contribution in [0.15, 0.2) is 30.6 Å². The van der Waals surface area contributed by atoms with Crippen LogP contribution >= 0.6 is 11.6 Å². The molecule has 19 heavy (non-hydrogen) atoms. The predicted octanol–water partition coefficient (Wildman–Crippen LogP) is 2.24. The van der Waals surface area contributed by atoms with Crippen molar-refractivity contribution in [3.63, 3.8) is 0 Å². The first-order valence-electron chi connectivity index (χ1n) is 5.75. The molecule has 0 spiro atoms. The van der Waals surface area contributed by atoms with Gasteiger partial charge in [0, 0.05) is 12.4 Å². The molecule has 0 N–H and O–H groups in total. The second-order valence-electron chi connectivity index (χ2n) is 3.71. The SMILES string of the molecule is CCOc1nc(Cl)nc(-c2cccc3nccn23)n1. The van der Waals surface area contributed by atoms with E-state index in [9.17, 15) is 0 Å². The van der Waals surface area contributed by atoms with E-state index in [0.717, 1.165) is 11.3 Å². The first-order chi connectivity index (χ1) is 9.28. The third-order valence-electron chi connectivity index (χ3n) is 2.52. The van der Waals surface area contributed by atoms with Crippen LogP contribution in [0.25, 0.3) is 17.2 Å². The Bertz CT molecular complexity index is 727. The normalized spacial score (nSPS) is 10.8. The second-order valence-corrected chi connectivity index (χ2v) is 4.05. The first-order valence-corrected chi connectivity index (χ1v) is 6.12. The van der Waals surface area contributed by atoms with E-state index in [-0.39, 0.29) is 11.3 Å². The number of hydrogen-bond acceptors (Lipinski definition) is 5. The summed E-state index contributed by atoms with van der Waals surface area (Å²) >= 11 is 5.89. The van der Waals surface area contributed by atoms with Gasteiger partial charge in [0.2, 0.25) is 5.28 Å². The van der Waals surface area contributed by atoms with Crippen molar-refractivity contribution < 1.29 is 4.74 Å². The molecule has 96 valence electrons. The van der Waals surface area contributed by atoms with Gasteiger partial charge in [-0.2, -0.15) is 15.0 Å². The number of halogens is 1. The molecule has 0 atom stereocenters. The highest BCUT2D eigenvalue weighted by Crippen LogP contribution is 2.20. The quantitative estimate of drug-likeness (QED) is 0.733. The van der Waals surface area contributed by atoms with Crippen LogP contribution in [-0.2, 0) is 0 Å². The lowest BCUT2D eigenvalue weighted by Gasteiger charge is -2.06. The maximum Gasteiger partial charge on any atom is 0.321 e. The van der Waals surface area contributed by atoms with Crippen LogP contribution in [0.4, 0.5) is 0 Å². The molecule has 3 rings (SSSR count). The molecule has 0 aliphatic heterocycles. The maximum atomic E-state index is 5.89. The van der Waals surface area contributed by atoms with Gasteiger partial charge in [0.05, 0.1) is 12.3 Å². The van der Waals surface area contributed by atoms with Crippen LogP contribution in [-0.4, -0.2) is 30.9 Å². The smallest absolute Gasteiger partial charge is 0.321 e. The molecule has 0 radical (unpaired) electrons. The summed E-state index contributed by atoms with van der Waals surface area (Å²) in [6.45, 7) is 2.32. The molecule has 0 amide bonds. The fourth-order valence-electron chi connectivity index (χ4n) is 1.77. The average Bonchev–Trinajstić information content (AvgIpc) is 2.86. The summed E-state index contributed by atoms with van der Waals surface area (Å²) in [6, 6.07) is 5.89. The van der Waals surface area contributed by atoms with Crippen molar-refractivity contribution in [2.24, 2.45) is 0 Å². The van der Waals surface area contributed by atoms with E-state index in [1.54, 1.807) is 6.20 Å². The van der Waals surface area contributed by atoms with E-state index in [0.29, 0.717) is 12.4 Å². The molecule has 6 nitrogen and oxygen atoms in total. The lowest BCUT2D eigenvalue weighted by atomic mass is 10.3. The van der Waals surface area contributed by atoms with Crippen LogP contribution in [0, 0.1) is 0 Å². The zero-order chi connectivity index (χ0) is 13.2. The van der Waals surface area contributed by atoms with Crippen LogP contribution in [0.3, 0.4) is 0 Å². The van der Waals surface area contributed by atoms with E-state index in [4.69, 9.17) is 16.3 Å². The van der Waals surface area contributed by atoms with E-state index >= 15 is 0 Å². The number of aromatic nitrogens is 5. The van der Waals surface area contributed by atoms with Crippen molar-refractivity contribution in [3.05, 3.63) is 35.9 Å². The number of pyridine rings is 1. The predicted molar refractivity (Wildman–Crippen MR) is 70.2 cm³/mol. The Kier molecular flexibility index (Phi) is 3.00. The molecular formula is C12H10ClN5O. The number of ether oxygens (including phenoxy) is 1. The number of rotatable bonds is 3. The van der Waals surface area contributed by atoms with Crippen LogP contribution in [0.2, 0.25) is 5.28 Å². The minimum absolute atomic E-state index is 0.102. The highest BCUT2D eigenvalue weighted by Gasteiger charge is 2.11. The van der Waals surface area contributed by atoms with Crippen molar-refractivity contribution in [2.45, 2.75) is 6.92 Å². The monoisotopic (exact) mass is 275 g/mol. The Labute approximate surface area is 114 Å². The number of imidazole rings is 1. The summed E-state index contributed by atoms with van der Waals surface area (Å²) in [5.41, 5.74) is 1.59. The average molecular weight is 276 g/mol. The topological polar surface area (TPSA) is 65.2 Å². The highest BCUT2D eigenvalue weighted by atomic mass is 35.5. The number of hydrogen-bond donors (Lipinski definition) is 0. The van der Waals surface area contributed by atoms with Crippen LogP contribution in [0.1, 0.15) is 6.92 Å². The summed E-state index contributed by atoms with van der Waals surface area (Å²) < 4.78 is 7.15. The Morgan fingerprint density at radius 1 is 1.26 bits per heavy atom. The van der Waals surface area contributed by atoms with Gasteiger partial charge in [0.25, 0.3) is 0 Å². The highest BCUT2D eigenvalue weighted by molar-refractivity contribution is 6.28. The Hall–Kier alpha value is -2.21. The van der Waals surface area contributed by atoms with E-state index in [2.05, 4.69) is 19.9 Å². The van der Waals surface area contributed by atoms with E-state index in [1.165, 1.54) is 0 Å². The zero-order valence-corrected chi connectivity index (χ0v) is 10.9. The van der Waals surface area contributed by atoms with Crippen LogP contribution in [0.5, 0.6) is 6.01 Å². The summed E-state index contributed by atoms with van der Waals surface area (Å²) in [7, 11) is 0. The van der Waals surface area contributed by atoms with Gasteiger partial charge in [0.1, 0.15) is 5.65 Å². The Morgan fingerprint density at radius 3 is 3.00 bits per heavy atom. The van der Waals surface area contributed by atoms with Crippen molar-refractivity contribution in [1.82, 2.24) is 24.3 Å². The van der Waals surface area contributed by atoms with Gasteiger partial charge in [-0.25, -0.2) is 4.98 Å². The van der Waals surface area contributed by atoms with Gasteiger partial charge in [0.15, 0.2) is 5.82 Å². The van der Waals surface area contributed by atoms with Gasteiger partial charge in [-0.15, -0.1) is 0 Å². The maximum absolute atomic E-state index is 5.89. The third kappa shape index (κ3) is 2.22. The van der Waals surface area contributed by atoms with Crippen molar-refractivity contribution in [3.8, 4) is 17.5 Å². The zero-order valence-electron chi connectivity index (χ0n) is 10.1. The molecule has 3 aromatic heterocycles. The molecule has 0 aliphatic rings. The minimum Gasteiger partial charge on any atom is -0.464 e. The molecule has 0 saturated heterocycles. The third-order valence-corrected chi connectivity index (χ3v) is 2.69. The molecule has 0 aromatic carbocycles. The fourth-order valence-corrected chi connectivity index (χ4v) is 1.92. The summed E-state index contributed by atoms with van der Waals surface area (Å²) in [5, 5.41) is 0.102. The van der Waals surface area contributed by atoms with E-state index in [1.807, 2.05) is 35.7 Å². The standard InChI is InChI=1S/C12H10ClN5O/c1-2-19-12-16-10(15-11(13)17-12)8-4-3-5-9-14-6-7-18(8)9/h3-7H,2H2,1H3. The molecule has 0 aliphatic carbocycles. The fraction of sp³-hybridized carbons (Fsp3) is 0.167. The lowest BCUT2D eigenvalue weighted by molar-refractivity contribution is 0.312. The van der Waals surface area contributed by atoms with Gasteiger partial charge in [-0.05, 0) is 30.7 Å². The van der Waals surface area contributed by atoms with Gasteiger partial charge in [-0.1, -0.05) is 6.07 Å².